The number of aromatic nitrogens is 1. The monoisotopic (exact) mass is 215 g/mol. The van der Waals surface area contributed by atoms with Crippen LogP contribution in [0.2, 0.25) is 0 Å². The van der Waals surface area contributed by atoms with Gasteiger partial charge in [0.25, 0.3) is 0 Å². The molecule has 0 aliphatic carbocycles. The Morgan fingerprint density at radius 3 is 2.50 bits per heavy atom. The van der Waals surface area contributed by atoms with E-state index in [0.29, 0.717) is 5.56 Å². The van der Waals surface area contributed by atoms with Gasteiger partial charge in [0, 0.05) is 21.3 Å². The molecule has 0 saturated carbocycles. The molecule has 2 aromatic rings. The van der Waals surface area contributed by atoms with Crippen LogP contribution in [-0.4, -0.2) is 0 Å². The average Bonchev–Trinajstić information content (AvgIpc) is 2.31. The molecule has 0 N–H and O–H groups in total. The van der Waals surface area contributed by atoms with Crippen molar-refractivity contribution in [2.24, 2.45) is 7.05 Å². The molecule has 1 heterocycles. The minimum absolute atomic E-state index is 0.410. The van der Waals surface area contributed by atoms with Crippen molar-refractivity contribution in [2.75, 3.05) is 0 Å². The van der Waals surface area contributed by atoms with Crippen molar-refractivity contribution < 1.29 is 8.68 Å². The van der Waals surface area contributed by atoms with E-state index in [9.17, 15) is 0 Å². The molecule has 1 aromatic carbocycles. The van der Waals surface area contributed by atoms with E-state index >= 15 is 0 Å². The summed E-state index contributed by atoms with van der Waals surface area (Å²) in [5.74, 6) is 0. The smallest absolute Gasteiger partial charge is 0.201 e. The van der Waals surface area contributed by atoms with Gasteiger partial charge in [-0.2, -0.15) is 0 Å². The molecule has 0 aliphatic heterocycles. The Morgan fingerprint density at radius 1 is 1.06 bits per heavy atom. The van der Waals surface area contributed by atoms with E-state index in [1.165, 1.54) is 5.56 Å². The second-order valence-corrected chi connectivity index (χ2v) is 4.18. The predicted octanol–water partition coefficient (Wildman–Crippen LogP) is 3.10. The number of rotatable bonds is 1. The van der Waals surface area contributed by atoms with Crippen LogP contribution < -0.4 is 4.57 Å². The summed E-state index contributed by atoms with van der Waals surface area (Å²) in [4.78, 5) is 0. The van der Waals surface area contributed by atoms with Crippen LogP contribution in [0.25, 0.3) is 11.3 Å². The maximum Gasteiger partial charge on any atom is 0.212 e. The Kier molecular flexibility index (Phi) is 1.95. The highest BCUT2D eigenvalue weighted by atomic mass is 14.9. The van der Waals surface area contributed by atoms with Gasteiger partial charge < -0.3 is 0 Å². The molecule has 1 aromatic heterocycles. The average molecular weight is 215 g/mol. The van der Waals surface area contributed by atoms with Gasteiger partial charge in [-0.05, 0) is 37.9 Å². The van der Waals surface area contributed by atoms with Crippen molar-refractivity contribution in [1.29, 1.82) is 0 Å². The Hall–Kier alpha value is -1.63. The fourth-order valence-corrected chi connectivity index (χ4v) is 1.88. The van der Waals surface area contributed by atoms with Gasteiger partial charge in [0.05, 0.1) is 0 Å². The molecule has 1 heteroatoms. The molecule has 0 radical (unpaired) electrons. The highest BCUT2D eigenvalue weighted by molar-refractivity contribution is 5.61. The van der Waals surface area contributed by atoms with E-state index in [1.54, 1.807) is 6.20 Å². The molecule has 0 aliphatic rings. The molecular formula is C15H18N+. The Morgan fingerprint density at radius 2 is 1.81 bits per heavy atom. The summed E-state index contributed by atoms with van der Waals surface area (Å²) in [6, 6.07) is 10.1. The van der Waals surface area contributed by atoms with Gasteiger partial charge in [0.1, 0.15) is 7.05 Å². The molecule has 16 heavy (non-hydrogen) atoms. The summed E-state index contributed by atoms with van der Waals surface area (Å²) in [5.41, 5.74) is 4.55. The second kappa shape index (κ2) is 4.09. The van der Waals surface area contributed by atoms with E-state index in [2.05, 4.69) is 19.1 Å². The normalized spacial score (nSPS) is 14.1. The molecule has 0 amide bonds. The molecule has 2 rings (SSSR count). The number of pyridine rings is 1. The van der Waals surface area contributed by atoms with Gasteiger partial charge in [-0.1, -0.05) is 18.2 Å². The second-order valence-electron chi connectivity index (χ2n) is 4.18. The first-order valence-corrected chi connectivity index (χ1v) is 5.37. The molecule has 0 fully saturated rings. The highest BCUT2D eigenvalue weighted by Gasteiger charge is 2.13. The van der Waals surface area contributed by atoms with Crippen molar-refractivity contribution in [3.8, 4) is 11.3 Å². The maximum atomic E-state index is 7.55. The Balaban J connectivity index is 2.63. The predicted molar refractivity (Wildman–Crippen MR) is 67.3 cm³/mol. The number of hydrogen-bond acceptors (Lipinski definition) is 0. The topological polar surface area (TPSA) is 3.88 Å². The molecule has 0 unspecified atom stereocenters. The third-order valence-corrected chi connectivity index (χ3v) is 2.90. The fourth-order valence-electron chi connectivity index (χ4n) is 1.88. The Labute approximate surface area is 102 Å². The molecule has 0 atom stereocenters. The minimum Gasteiger partial charge on any atom is -0.201 e. The molecule has 82 valence electrons. The molecule has 1 nitrogen and oxygen atoms in total. The lowest BCUT2D eigenvalue weighted by molar-refractivity contribution is -0.660. The van der Waals surface area contributed by atoms with E-state index in [0.717, 1.165) is 16.8 Å². The van der Waals surface area contributed by atoms with E-state index in [-0.39, 0.29) is 0 Å². The summed E-state index contributed by atoms with van der Waals surface area (Å²) in [6.45, 7) is 1.85. The van der Waals surface area contributed by atoms with Crippen LogP contribution in [0.1, 0.15) is 20.8 Å². The molecule has 0 spiro atoms. The minimum atomic E-state index is -2.06. The van der Waals surface area contributed by atoms with Crippen LogP contribution >= 0.6 is 0 Å². The zero-order valence-corrected chi connectivity index (χ0v) is 9.91. The van der Waals surface area contributed by atoms with Crippen molar-refractivity contribution >= 4 is 0 Å². The summed E-state index contributed by atoms with van der Waals surface area (Å²) >= 11 is 0. The van der Waals surface area contributed by atoms with Gasteiger partial charge in [-0.15, -0.1) is 0 Å². The van der Waals surface area contributed by atoms with E-state index in [1.807, 2.05) is 36.7 Å². The number of benzene rings is 1. The zero-order valence-electron chi connectivity index (χ0n) is 12.9. The quantitative estimate of drug-likeness (QED) is 0.644. The van der Waals surface area contributed by atoms with Crippen molar-refractivity contribution in [3.63, 3.8) is 0 Å². The maximum absolute atomic E-state index is 7.55. The van der Waals surface area contributed by atoms with E-state index < -0.39 is 6.85 Å². The standard InChI is InChI=1S/C15H18N/c1-11-7-5-6-8-14(11)15-9-12(2)13(3)10-16(15)4/h5-10H,1-4H3/q+1/i3D3. The molecule has 0 saturated heterocycles. The van der Waals surface area contributed by atoms with Gasteiger partial charge >= 0.3 is 0 Å². The largest absolute Gasteiger partial charge is 0.212 e. The summed E-state index contributed by atoms with van der Waals surface area (Å²) in [5, 5.41) is 0. The van der Waals surface area contributed by atoms with Crippen LogP contribution in [0.5, 0.6) is 0 Å². The Bertz CT molecular complexity index is 615. The highest BCUT2D eigenvalue weighted by Crippen LogP contribution is 2.21. The number of aryl methyl sites for hydroxylation is 4. The third-order valence-electron chi connectivity index (χ3n) is 2.90. The first kappa shape index (κ1) is 7.61. The zero-order chi connectivity index (χ0) is 14.2. The SMILES string of the molecule is [2H]C([2H])([2H])c1c[n+](C)c(-c2ccccc2C)cc1C. The van der Waals surface area contributed by atoms with Gasteiger partial charge in [-0.3, -0.25) is 0 Å². The summed E-state index contributed by atoms with van der Waals surface area (Å²) in [6.07, 6.45) is 1.71. The van der Waals surface area contributed by atoms with Crippen LogP contribution in [0.15, 0.2) is 36.5 Å². The van der Waals surface area contributed by atoms with Crippen molar-refractivity contribution in [2.45, 2.75) is 20.7 Å². The first-order chi connectivity index (χ1) is 8.80. The lowest BCUT2D eigenvalue weighted by Gasteiger charge is -2.06. The van der Waals surface area contributed by atoms with Crippen LogP contribution in [-0.2, 0) is 7.05 Å². The fraction of sp³-hybridized carbons (Fsp3) is 0.267. The number of hydrogen-bond donors (Lipinski definition) is 0. The van der Waals surface area contributed by atoms with Crippen LogP contribution in [0, 0.1) is 20.7 Å². The lowest BCUT2D eigenvalue weighted by atomic mass is 10.0. The van der Waals surface area contributed by atoms with Crippen molar-refractivity contribution in [1.82, 2.24) is 0 Å². The van der Waals surface area contributed by atoms with Crippen molar-refractivity contribution in [3.05, 3.63) is 53.2 Å². The summed E-state index contributed by atoms with van der Waals surface area (Å²) < 4.78 is 24.5. The molecular weight excluding hydrogens is 194 g/mol. The van der Waals surface area contributed by atoms with Gasteiger partial charge in [0.15, 0.2) is 6.20 Å². The van der Waals surface area contributed by atoms with Gasteiger partial charge in [-0.25, -0.2) is 4.57 Å². The summed E-state index contributed by atoms with van der Waals surface area (Å²) in [7, 11) is 1.89. The van der Waals surface area contributed by atoms with E-state index in [4.69, 9.17) is 4.11 Å². The van der Waals surface area contributed by atoms with Crippen LogP contribution in [0.3, 0.4) is 0 Å². The molecule has 0 bridgehead atoms. The first-order valence-electron chi connectivity index (χ1n) is 6.87. The van der Waals surface area contributed by atoms with Crippen LogP contribution in [0.4, 0.5) is 0 Å². The van der Waals surface area contributed by atoms with Gasteiger partial charge in [0.2, 0.25) is 5.69 Å². The lowest BCUT2D eigenvalue weighted by Crippen LogP contribution is -2.31. The number of nitrogens with zero attached hydrogens (tertiary/aromatic N) is 1. The third kappa shape index (κ3) is 1.85.